The Balaban J connectivity index is 2.22. The average molecular weight is 298 g/mol. The number of amides is 1. The van der Waals surface area contributed by atoms with E-state index in [2.05, 4.69) is 15.5 Å². The standard InChI is InChI=1S/C11H11FN4O3S/c1-7-3-4-9(8(12)5-7)14-11(17)10-6-13-16(15-10)20(2,18)19/h3-6H,1-2H3,(H,14,17). The number of halogens is 1. The molecule has 0 saturated heterocycles. The van der Waals surface area contributed by atoms with Gasteiger partial charge in [-0.1, -0.05) is 10.3 Å². The van der Waals surface area contributed by atoms with Crippen molar-refractivity contribution in [3.05, 3.63) is 41.5 Å². The zero-order chi connectivity index (χ0) is 14.9. The molecule has 0 fully saturated rings. The molecule has 0 unspecified atom stereocenters. The molecule has 1 aromatic heterocycles. The Hall–Kier alpha value is -2.29. The minimum absolute atomic E-state index is 0.0190. The van der Waals surface area contributed by atoms with Gasteiger partial charge < -0.3 is 5.32 Å². The van der Waals surface area contributed by atoms with E-state index in [0.717, 1.165) is 12.5 Å². The molecule has 0 atom stereocenters. The van der Waals surface area contributed by atoms with Gasteiger partial charge in [-0.15, -0.1) is 10.2 Å². The van der Waals surface area contributed by atoms with Gasteiger partial charge in [0.25, 0.3) is 15.9 Å². The number of benzene rings is 1. The molecule has 1 amide bonds. The fourth-order valence-corrected chi connectivity index (χ4v) is 1.87. The number of hydrogen-bond acceptors (Lipinski definition) is 5. The zero-order valence-electron chi connectivity index (χ0n) is 10.7. The van der Waals surface area contributed by atoms with Gasteiger partial charge in [-0.3, -0.25) is 4.79 Å². The second-order valence-electron chi connectivity index (χ2n) is 4.15. The monoisotopic (exact) mass is 298 g/mol. The number of hydrogen-bond donors (Lipinski definition) is 1. The lowest BCUT2D eigenvalue weighted by Gasteiger charge is -2.04. The van der Waals surface area contributed by atoms with Gasteiger partial charge in [0.2, 0.25) is 0 Å². The summed E-state index contributed by atoms with van der Waals surface area (Å²) >= 11 is 0. The van der Waals surface area contributed by atoms with Gasteiger partial charge >= 0.3 is 0 Å². The molecular weight excluding hydrogens is 287 g/mol. The van der Waals surface area contributed by atoms with E-state index < -0.39 is 21.7 Å². The van der Waals surface area contributed by atoms with Crippen LogP contribution in [0.3, 0.4) is 0 Å². The normalized spacial score (nSPS) is 11.3. The van der Waals surface area contributed by atoms with Gasteiger partial charge in [-0.25, -0.2) is 12.8 Å². The largest absolute Gasteiger partial charge is 0.318 e. The highest BCUT2D eigenvalue weighted by Gasteiger charge is 2.16. The highest BCUT2D eigenvalue weighted by Crippen LogP contribution is 2.15. The molecule has 0 bridgehead atoms. The first-order valence-electron chi connectivity index (χ1n) is 5.48. The summed E-state index contributed by atoms with van der Waals surface area (Å²) in [5, 5.41) is 9.25. The maximum absolute atomic E-state index is 13.6. The van der Waals surface area contributed by atoms with Crippen LogP contribution in [-0.2, 0) is 10.0 Å². The number of nitrogens with zero attached hydrogens (tertiary/aromatic N) is 3. The summed E-state index contributed by atoms with van der Waals surface area (Å²) in [5.41, 5.74) is 0.466. The van der Waals surface area contributed by atoms with E-state index in [9.17, 15) is 17.6 Å². The van der Waals surface area contributed by atoms with Crippen molar-refractivity contribution < 1.29 is 17.6 Å². The SMILES string of the molecule is Cc1ccc(NC(=O)c2cnn(S(C)(=O)=O)n2)c(F)c1. The fraction of sp³-hybridized carbons (Fsp3) is 0.182. The van der Waals surface area contributed by atoms with E-state index in [1.165, 1.54) is 12.1 Å². The lowest BCUT2D eigenvalue weighted by molar-refractivity contribution is 0.102. The number of aromatic nitrogens is 3. The molecule has 0 aliphatic carbocycles. The number of carbonyl (C=O) groups excluding carboxylic acids is 1. The molecule has 1 heterocycles. The van der Waals surface area contributed by atoms with Crippen molar-refractivity contribution in [2.24, 2.45) is 0 Å². The lowest BCUT2D eigenvalue weighted by atomic mass is 10.2. The topological polar surface area (TPSA) is 94.0 Å². The van der Waals surface area contributed by atoms with Gasteiger partial charge in [0.1, 0.15) is 5.82 Å². The Morgan fingerprint density at radius 1 is 1.40 bits per heavy atom. The van der Waals surface area contributed by atoms with Gasteiger partial charge in [0, 0.05) is 0 Å². The summed E-state index contributed by atoms with van der Waals surface area (Å²) in [6.45, 7) is 1.71. The van der Waals surface area contributed by atoms with Crippen molar-refractivity contribution in [3.8, 4) is 0 Å². The van der Waals surface area contributed by atoms with Gasteiger partial charge in [-0.2, -0.15) is 0 Å². The summed E-state index contributed by atoms with van der Waals surface area (Å²) in [7, 11) is -3.66. The van der Waals surface area contributed by atoms with Gasteiger partial charge in [0.15, 0.2) is 5.69 Å². The van der Waals surface area contributed by atoms with Crippen LogP contribution in [0, 0.1) is 12.7 Å². The number of carbonyl (C=O) groups is 1. The van der Waals surface area contributed by atoms with Crippen LogP contribution in [-0.4, -0.2) is 35.0 Å². The van der Waals surface area contributed by atoms with Crippen molar-refractivity contribution in [1.29, 1.82) is 0 Å². The first kappa shape index (κ1) is 14.1. The van der Waals surface area contributed by atoms with E-state index in [1.54, 1.807) is 13.0 Å². The van der Waals surface area contributed by atoms with E-state index in [1.807, 2.05) is 0 Å². The molecule has 20 heavy (non-hydrogen) atoms. The Bertz CT molecular complexity index is 770. The Kier molecular flexibility index (Phi) is 3.53. The second-order valence-corrected chi connectivity index (χ2v) is 5.95. The van der Waals surface area contributed by atoms with Crippen molar-refractivity contribution in [2.75, 3.05) is 11.6 Å². The van der Waals surface area contributed by atoms with E-state index >= 15 is 0 Å². The predicted octanol–water partition coefficient (Wildman–Crippen LogP) is 0.786. The highest BCUT2D eigenvalue weighted by atomic mass is 32.2. The Labute approximate surface area is 114 Å². The average Bonchev–Trinajstić information content (AvgIpc) is 2.82. The Morgan fingerprint density at radius 3 is 2.65 bits per heavy atom. The van der Waals surface area contributed by atoms with Crippen molar-refractivity contribution in [3.63, 3.8) is 0 Å². The summed E-state index contributed by atoms with van der Waals surface area (Å²) in [6, 6.07) is 4.30. The molecule has 1 aromatic carbocycles. The summed E-state index contributed by atoms with van der Waals surface area (Å²) < 4.78 is 36.3. The molecule has 2 rings (SSSR count). The molecular formula is C11H11FN4O3S. The third kappa shape index (κ3) is 2.99. The van der Waals surface area contributed by atoms with Crippen molar-refractivity contribution >= 4 is 21.6 Å². The summed E-state index contributed by atoms with van der Waals surface area (Å²) in [5.74, 6) is -1.34. The quantitative estimate of drug-likeness (QED) is 0.904. The minimum Gasteiger partial charge on any atom is -0.318 e. The number of anilines is 1. The fourth-order valence-electron chi connectivity index (χ4n) is 1.42. The van der Waals surface area contributed by atoms with Crippen LogP contribution in [0.1, 0.15) is 16.1 Å². The lowest BCUT2D eigenvalue weighted by Crippen LogP contribution is -2.17. The molecule has 0 aliphatic heterocycles. The van der Waals surface area contributed by atoms with Crippen LogP contribution < -0.4 is 5.32 Å². The molecule has 0 aliphatic rings. The van der Waals surface area contributed by atoms with Crippen LogP contribution in [0.2, 0.25) is 0 Å². The molecule has 0 saturated carbocycles. The second kappa shape index (κ2) is 5.00. The van der Waals surface area contributed by atoms with Crippen LogP contribution in [0.25, 0.3) is 0 Å². The minimum atomic E-state index is -3.66. The number of rotatable bonds is 3. The molecule has 106 valence electrons. The van der Waals surface area contributed by atoms with E-state index in [0.29, 0.717) is 9.77 Å². The molecule has 0 spiro atoms. The highest BCUT2D eigenvalue weighted by molar-refractivity contribution is 7.88. The van der Waals surface area contributed by atoms with E-state index in [-0.39, 0.29) is 11.4 Å². The molecule has 0 radical (unpaired) electrons. The maximum atomic E-state index is 13.6. The zero-order valence-corrected chi connectivity index (χ0v) is 11.5. The first-order chi connectivity index (χ1) is 9.27. The molecule has 9 heteroatoms. The maximum Gasteiger partial charge on any atom is 0.277 e. The third-order valence-electron chi connectivity index (χ3n) is 2.37. The van der Waals surface area contributed by atoms with Crippen molar-refractivity contribution in [2.45, 2.75) is 6.92 Å². The number of aryl methyl sites for hydroxylation is 1. The molecule has 7 nitrogen and oxygen atoms in total. The molecule has 1 N–H and O–H groups in total. The van der Waals surface area contributed by atoms with Gasteiger partial charge in [0.05, 0.1) is 18.1 Å². The predicted molar refractivity (Wildman–Crippen MR) is 69.4 cm³/mol. The van der Waals surface area contributed by atoms with Gasteiger partial charge in [-0.05, 0) is 24.6 Å². The molecule has 2 aromatic rings. The summed E-state index contributed by atoms with van der Waals surface area (Å²) in [6.07, 6.45) is 1.89. The van der Waals surface area contributed by atoms with Crippen LogP contribution >= 0.6 is 0 Å². The van der Waals surface area contributed by atoms with E-state index in [4.69, 9.17) is 0 Å². The van der Waals surface area contributed by atoms with Crippen LogP contribution in [0.4, 0.5) is 10.1 Å². The smallest absolute Gasteiger partial charge is 0.277 e. The van der Waals surface area contributed by atoms with Crippen LogP contribution in [0.15, 0.2) is 24.4 Å². The van der Waals surface area contributed by atoms with Crippen LogP contribution in [0.5, 0.6) is 0 Å². The summed E-state index contributed by atoms with van der Waals surface area (Å²) in [4.78, 5) is 11.8. The third-order valence-corrected chi connectivity index (χ3v) is 3.14. The first-order valence-corrected chi connectivity index (χ1v) is 7.32. The number of nitrogens with one attached hydrogen (secondary N) is 1. The Morgan fingerprint density at radius 2 is 2.10 bits per heavy atom. The van der Waals surface area contributed by atoms with Crippen molar-refractivity contribution in [1.82, 2.24) is 14.4 Å².